The van der Waals surface area contributed by atoms with Crippen LogP contribution in [0.3, 0.4) is 0 Å². The molecular formula is C20H26N4O3. The van der Waals surface area contributed by atoms with Gasteiger partial charge in [-0.2, -0.15) is 0 Å². The average Bonchev–Trinajstić information content (AvgIpc) is 2.66. The lowest BCUT2D eigenvalue weighted by atomic mass is 10.1. The number of pyridine rings is 1. The molecule has 2 amide bonds. The van der Waals surface area contributed by atoms with Gasteiger partial charge in [0.2, 0.25) is 5.88 Å². The van der Waals surface area contributed by atoms with Gasteiger partial charge in [0.25, 0.3) is 0 Å². The van der Waals surface area contributed by atoms with Crippen molar-refractivity contribution in [1.82, 2.24) is 10.3 Å². The van der Waals surface area contributed by atoms with Crippen molar-refractivity contribution >= 4 is 17.4 Å². The number of anilines is 2. The van der Waals surface area contributed by atoms with Crippen LogP contribution < -0.4 is 20.3 Å². The van der Waals surface area contributed by atoms with E-state index in [2.05, 4.69) is 34.4 Å². The number of carbonyl (C=O) groups excluding carboxylic acids is 1. The normalized spacial score (nSPS) is 19.4. The molecule has 2 unspecified atom stereocenters. The first-order valence-corrected chi connectivity index (χ1v) is 9.08. The third kappa shape index (κ3) is 5.10. The molecule has 2 N–H and O–H groups in total. The van der Waals surface area contributed by atoms with E-state index < -0.39 is 0 Å². The van der Waals surface area contributed by atoms with Crippen LogP contribution >= 0.6 is 0 Å². The Bertz CT molecular complexity index is 773. The second kappa shape index (κ2) is 8.73. The fraction of sp³-hybridized carbons (Fsp3) is 0.400. The Balaban J connectivity index is 1.64. The molecule has 0 bridgehead atoms. The number of aromatic nitrogens is 1. The van der Waals surface area contributed by atoms with Gasteiger partial charge in [0.05, 0.1) is 30.7 Å². The number of morpholine rings is 1. The zero-order chi connectivity index (χ0) is 19.2. The lowest BCUT2D eigenvalue weighted by Crippen LogP contribution is -2.45. The molecule has 2 atom stereocenters. The minimum atomic E-state index is -0.257. The quantitative estimate of drug-likeness (QED) is 0.846. The van der Waals surface area contributed by atoms with Crippen LogP contribution in [0.1, 0.15) is 19.4 Å². The predicted molar refractivity (Wildman–Crippen MR) is 105 cm³/mol. The molecule has 1 fully saturated rings. The highest BCUT2D eigenvalue weighted by molar-refractivity contribution is 5.93. The van der Waals surface area contributed by atoms with Crippen LogP contribution in [0.2, 0.25) is 0 Å². The molecule has 1 saturated heterocycles. The number of hydrogen-bond donors (Lipinski definition) is 2. The summed E-state index contributed by atoms with van der Waals surface area (Å²) in [6.07, 6.45) is 1.96. The minimum Gasteiger partial charge on any atom is -0.481 e. The number of carbonyl (C=O) groups is 1. The van der Waals surface area contributed by atoms with Crippen molar-refractivity contribution in [3.63, 3.8) is 0 Å². The Morgan fingerprint density at radius 2 is 2.00 bits per heavy atom. The number of benzene rings is 1. The number of para-hydroxylation sites is 2. The maximum absolute atomic E-state index is 12.4. The van der Waals surface area contributed by atoms with Crippen molar-refractivity contribution in [3.8, 4) is 5.88 Å². The number of urea groups is 1. The van der Waals surface area contributed by atoms with Gasteiger partial charge in [0.15, 0.2) is 0 Å². The fourth-order valence-corrected chi connectivity index (χ4v) is 3.25. The van der Waals surface area contributed by atoms with Crippen LogP contribution in [0.4, 0.5) is 16.2 Å². The van der Waals surface area contributed by atoms with Gasteiger partial charge in [0, 0.05) is 31.9 Å². The van der Waals surface area contributed by atoms with E-state index in [-0.39, 0.29) is 18.2 Å². The molecule has 27 heavy (non-hydrogen) atoms. The highest BCUT2D eigenvalue weighted by Gasteiger charge is 2.24. The third-order valence-corrected chi connectivity index (χ3v) is 4.37. The Kier molecular flexibility index (Phi) is 6.13. The van der Waals surface area contributed by atoms with Gasteiger partial charge >= 0.3 is 6.03 Å². The Labute approximate surface area is 159 Å². The lowest BCUT2D eigenvalue weighted by Gasteiger charge is -2.37. The van der Waals surface area contributed by atoms with E-state index in [1.54, 1.807) is 19.4 Å². The molecule has 0 spiro atoms. The van der Waals surface area contributed by atoms with Crippen molar-refractivity contribution < 1.29 is 14.3 Å². The number of nitrogens with one attached hydrogen (secondary N) is 2. The van der Waals surface area contributed by atoms with Crippen LogP contribution in [0, 0.1) is 0 Å². The van der Waals surface area contributed by atoms with E-state index in [1.165, 1.54) is 0 Å². The topological polar surface area (TPSA) is 75.7 Å². The standard InChI is InChI=1S/C20H26N4O3/c1-14-12-24(13-15(2)27-14)18-7-5-4-6-17(18)23-20(25)22-11-16-8-9-21-19(10-16)26-3/h4-10,14-15H,11-13H2,1-3H3,(H2,22,23,25). The number of methoxy groups -OCH3 is 1. The number of nitrogens with zero attached hydrogens (tertiary/aromatic N) is 2. The van der Waals surface area contributed by atoms with Crippen molar-refractivity contribution in [2.75, 3.05) is 30.4 Å². The summed E-state index contributed by atoms with van der Waals surface area (Å²) in [5.74, 6) is 0.524. The van der Waals surface area contributed by atoms with Crippen LogP contribution in [-0.4, -0.2) is 43.4 Å². The summed E-state index contributed by atoms with van der Waals surface area (Å²) in [6, 6.07) is 11.2. The fourth-order valence-electron chi connectivity index (χ4n) is 3.25. The maximum atomic E-state index is 12.4. The maximum Gasteiger partial charge on any atom is 0.319 e. The van der Waals surface area contributed by atoms with Gasteiger partial charge in [-0.25, -0.2) is 9.78 Å². The molecule has 3 rings (SSSR count). The van der Waals surface area contributed by atoms with E-state index in [0.717, 1.165) is 30.0 Å². The lowest BCUT2D eigenvalue weighted by molar-refractivity contribution is -0.00517. The van der Waals surface area contributed by atoms with Gasteiger partial charge in [-0.05, 0) is 37.6 Å². The number of amides is 2. The van der Waals surface area contributed by atoms with E-state index >= 15 is 0 Å². The van der Waals surface area contributed by atoms with Crippen molar-refractivity contribution in [2.24, 2.45) is 0 Å². The molecule has 1 aliphatic heterocycles. The second-order valence-corrected chi connectivity index (χ2v) is 6.69. The van der Waals surface area contributed by atoms with Crippen molar-refractivity contribution in [2.45, 2.75) is 32.6 Å². The highest BCUT2D eigenvalue weighted by Crippen LogP contribution is 2.28. The van der Waals surface area contributed by atoms with Crippen LogP contribution in [-0.2, 0) is 11.3 Å². The van der Waals surface area contributed by atoms with E-state index in [0.29, 0.717) is 12.4 Å². The molecule has 2 aromatic rings. The molecule has 1 aromatic heterocycles. The smallest absolute Gasteiger partial charge is 0.319 e. The molecule has 144 valence electrons. The first-order chi connectivity index (χ1) is 13.0. The van der Waals surface area contributed by atoms with Gasteiger partial charge in [-0.3, -0.25) is 0 Å². The third-order valence-electron chi connectivity index (χ3n) is 4.37. The first-order valence-electron chi connectivity index (χ1n) is 9.08. The van der Waals surface area contributed by atoms with Gasteiger partial charge in [0.1, 0.15) is 0 Å². The van der Waals surface area contributed by atoms with E-state index in [1.807, 2.05) is 30.3 Å². The summed E-state index contributed by atoms with van der Waals surface area (Å²) < 4.78 is 10.9. The Hall–Kier alpha value is -2.80. The van der Waals surface area contributed by atoms with Gasteiger partial charge < -0.3 is 25.0 Å². The average molecular weight is 370 g/mol. The SMILES string of the molecule is COc1cc(CNC(=O)Nc2ccccc2N2CC(C)OC(C)C2)ccn1. The molecular weight excluding hydrogens is 344 g/mol. The minimum absolute atomic E-state index is 0.150. The Morgan fingerprint density at radius 1 is 1.26 bits per heavy atom. The summed E-state index contributed by atoms with van der Waals surface area (Å²) in [7, 11) is 1.57. The summed E-state index contributed by atoms with van der Waals surface area (Å²) in [6.45, 7) is 6.10. The number of ether oxygens (including phenoxy) is 2. The summed E-state index contributed by atoms with van der Waals surface area (Å²) in [5.41, 5.74) is 2.70. The number of rotatable bonds is 5. The largest absolute Gasteiger partial charge is 0.481 e. The summed E-state index contributed by atoms with van der Waals surface area (Å²) >= 11 is 0. The first kappa shape index (κ1) is 19.0. The number of hydrogen-bond acceptors (Lipinski definition) is 5. The summed E-state index contributed by atoms with van der Waals surface area (Å²) in [4.78, 5) is 18.7. The molecule has 7 nitrogen and oxygen atoms in total. The molecule has 0 saturated carbocycles. The van der Waals surface area contributed by atoms with Crippen LogP contribution in [0.5, 0.6) is 5.88 Å². The van der Waals surface area contributed by atoms with Crippen molar-refractivity contribution in [3.05, 3.63) is 48.2 Å². The highest BCUT2D eigenvalue weighted by atomic mass is 16.5. The predicted octanol–water partition coefficient (Wildman–Crippen LogP) is 3.03. The summed E-state index contributed by atoms with van der Waals surface area (Å²) in [5, 5.41) is 5.83. The van der Waals surface area contributed by atoms with Crippen molar-refractivity contribution in [1.29, 1.82) is 0 Å². The van der Waals surface area contributed by atoms with Gasteiger partial charge in [-0.15, -0.1) is 0 Å². The zero-order valence-electron chi connectivity index (χ0n) is 15.9. The van der Waals surface area contributed by atoms with E-state index in [9.17, 15) is 4.79 Å². The Morgan fingerprint density at radius 3 is 2.74 bits per heavy atom. The van der Waals surface area contributed by atoms with Gasteiger partial charge in [-0.1, -0.05) is 12.1 Å². The molecule has 0 aliphatic carbocycles. The zero-order valence-corrected chi connectivity index (χ0v) is 15.9. The molecule has 7 heteroatoms. The van der Waals surface area contributed by atoms with Crippen LogP contribution in [0.15, 0.2) is 42.6 Å². The van der Waals surface area contributed by atoms with E-state index in [4.69, 9.17) is 9.47 Å². The molecule has 1 aliphatic rings. The van der Waals surface area contributed by atoms with Crippen LogP contribution in [0.25, 0.3) is 0 Å². The molecule has 2 heterocycles. The second-order valence-electron chi connectivity index (χ2n) is 6.69. The molecule has 0 radical (unpaired) electrons. The monoisotopic (exact) mass is 370 g/mol. The molecule has 1 aromatic carbocycles.